The second kappa shape index (κ2) is 7.29. The monoisotopic (exact) mass is 378 g/mol. The Bertz CT molecular complexity index is 779. The number of sulfonamides is 1. The highest BCUT2D eigenvalue weighted by atomic mass is 32.2. The molecule has 4 rings (SSSR count). The van der Waals surface area contributed by atoms with Crippen molar-refractivity contribution in [3.8, 4) is 0 Å². The molecule has 26 heavy (non-hydrogen) atoms. The van der Waals surface area contributed by atoms with E-state index in [1.807, 2.05) is 12.1 Å². The van der Waals surface area contributed by atoms with Gasteiger partial charge in [-0.05, 0) is 61.8 Å². The van der Waals surface area contributed by atoms with Gasteiger partial charge in [0, 0.05) is 32.8 Å². The third-order valence-electron chi connectivity index (χ3n) is 5.71. The lowest BCUT2D eigenvalue weighted by molar-refractivity contribution is -0.142. The molecule has 0 bridgehead atoms. The normalized spacial score (nSPS) is 24.5. The minimum absolute atomic E-state index is 0.00771. The quantitative estimate of drug-likeness (QED) is 0.801. The summed E-state index contributed by atoms with van der Waals surface area (Å²) in [7, 11) is -3.50. The average Bonchev–Trinajstić information content (AvgIpc) is 3.22. The molecule has 142 valence electrons. The van der Waals surface area contributed by atoms with E-state index in [1.165, 1.54) is 21.9 Å². The summed E-state index contributed by atoms with van der Waals surface area (Å²) in [5, 5.41) is 0. The van der Waals surface area contributed by atoms with Gasteiger partial charge in [-0.15, -0.1) is 0 Å². The first kappa shape index (κ1) is 17.9. The van der Waals surface area contributed by atoms with Crippen LogP contribution in [-0.2, 0) is 32.4 Å². The van der Waals surface area contributed by atoms with Crippen molar-refractivity contribution < 1.29 is 17.9 Å². The Balaban J connectivity index is 1.44. The minimum Gasteiger partial charge on any atom is -0.368 e. The first-order chi connectivity index (χ1) is 12.6. The van der Waals surface area contributed by atoms with Crippen LogP contribution < -0.4 is 0 Å². The second-order valence-corrected chi connectivity index (χ2v) is 9.31. The molecule has 1 aromatic rings. The Labute approximate surface area is 155 Å². The van der Waals surface area contributed by atoms with Crippen LogP contribution in [0.5, 0.6) is 0 Å². The van der Waals surface area contributed by atoms with E-state index in [0.717, 1.165) is 32.1 Å². The number of fused-ring (bicyclic) bond motifs is 1. The molecule has 0 saturated carbocycles. The van der Waals surface area contributed by atoms with E-state index in [9.17, 15) is 13.2 Å². The van der Waals surface area contributed by atoms with Crippen LogP contribution in [0.15, 0.2) is 23.1 Å². The minimum atomic E-state index is -3.50. The Morgan fingerprint density at radius 2 is 1.73 bits per heavy atom. The topological polar surface area (TPSA) is 66.9 Å². The summed E-state index contributed by atoms with van der Waals surface area (Å²) >= 11 is 0. The fraction of sp³-hybridized carbons (Fsp3) is 0.632. The summed E-state index contributed by atoms with van der Waals surface area (Å²) in [5.74, 6) is 0.00771. The number of rotatable bonds is 3. The molecular formula is C19H26N2O4S. The zero-order valence-electron chi connectivity index (χ0n) is 15.0. The van der Waals surface area contributed by atoms with Gasteiger partial charge in [-0.1, -0.05) is 6.07 Å². The van der Waals surface area contributed by atoms with Gasteiger partial charge in [0.1, 0.15) is 6.10 Å². The van der Waals surface area contributed by atoms with E-state index in [0.29, 0.717) is 37.7 Å². The average molecular weight is 378 g/mol. The number of amides is 1. The number of carbonyl (C=O) groups is 1. The molecule has 3 aliphatic rings. The van der Waals surface area contributed by atoms with Gasteiger partial charge in [0.15, 0.2) is 0 Å². The van der Waals surface area contributed by atoms with E-state index in [1.54, 1.807) is 11.0 Å². The maximum atomic E-state index is 13.0. The largest absolute Gasteiger partial charge is 0.368 e. The van der Waals surface area contributed by atoms with Gasteiger partial charge in [0.2, 0.25) is 10.0 Å². The van der Waals surface area contributed by atoms with Crippen molar-refractivity contribution in [2.75, 3.05) is 32.8 Å². The van der Waals surface area contributed by atoms with Crippen LogP contribution in [0.3, 0.4) is 0 Å². The highest BCUT2D eigenvalue weighted by molar-refractivity contribution is 7.89. The zero-order chi connectivity index (χ0) is 18.1. The molecule has 7 heteroatoms. The van der Waals surface area contributed by atoms with Crippen LogP contribution in [0, 0.1) is 0 Å². The van der Waals surface area contributed by atoms with Gasteiger partial charge in [-0.25, -0.2) is 8.42 Å². The fourth-order valence-corrected chi connectivity index (χ4v) is 5.62. The summed E-state index contributed by atoms with van der Waals surface area (Å²) in [6.45, 7) is 2.20. The number of ether oxygens (including phenoxy) is 1. The molecule has 0 aromatic heterocycles. The molecule has 1 aliphatic carbocycles. The zero-order valence-corrected chi connectivity index (χ0v) is 15.8. The Hall–Kier alpha value is -1.44. The van der Waals surface area contributed by atoms with Crippen molar-refractivity contribution in [1.29, 1.82) is 0 Å². The molecule has 1 aromatic carbocycles. The van der Waals surface area contributed by atoms with E-state index in [-0.39, 0.29) is 12.0 Å². The molecule has 2 fully saturated rings. The van der Waals surface area contributed by atoms with E-state index in [2.05, 4.69) is 0 Å². The number of nitrogens with zero attached hydrogens (tertiary/aromatic N) is 2. The van der Waals surface area contributed by atoms with Crippen LogP contribution in [0.2, 0.25) is 0 Å². The standard InChI is InChI=1S/C19H26N2O4S/c22-19(18-6-3-13-25-18)20-9-11-21(12-10-20)26(23,24)17-8-7-15-4-1-2-5-16(15)14-17/h7-8,14,18H,1-6,9-13H2. The lowest BCUT2D eigenvalue weighted by Crippen LogP contribution is -2.52. The molecule has 6 nitrogen and oxygen atoms in total. The predicted molar refractivity (Wildman–Crippen MR) is 97.4 cm³/mol. The van der Waals surface area contributed by atoms with Crippen LogP contribution in [-0.4, -0.2) is 62.4 Å². The second-order valence-electron chi connectivity index (χ2n) is 7.37. The first-order valence-corrected chi connectivity index (χ1v) is 11.0. The Kier molecular flexibility index (Phi) is 5.03. The summed E-state index contributed by atoms with van der Waals surface area (Å²) in [6, 6.07) is 5.57. The fourth-order valence-electron chi connectivity index (χ4n) is 4.14. The summed E-state index contributed by atoms with van der Waals surface area (Å²) in [6.07, 6.45) is 5.66. The van der Waals surface area contributed by atoms with Gasteiger partial charge in [0.25, 0.3) is 5.91 Å². The number of carbonyl (C=O) groups excluding carboxylic acids is 1. The van der Waals surface area contributed by atoms with Crippen LogP contribution in [0.4, 0.5) is 0 Å². The molecule has 2 heterocycles. The maximum Gasteiger partial charge on any atom is 0.251 e. The van der Waals surface area contributed by atoms with Crippen molar-refractivity contribution in [2.45, 2.75) is 49.5 Å². The predicted octanol–water partition coefficient (Wildman–Crippen LogP) is 1.58. The van der Waals surface area contributed by atoms with Crippen LogP contribution in [0.25, 0.3) is 0 Å². The molecule has 0 spiro atoms. The number of piperazine rings is 1. The summed E-state index contributed by atoms with van der Waals surface area (Å²) in [5.41, 5.74) is 2.45. The summed E-state index contributed by atoms with van der Waals surface area (Å²) in [4.78, 5) is 14.6. The smallest absolute Gasteiger partial charge is 0.251 e. The first-order valence-electron chi connectivity index (χ1n) is 9.58. The van der Waals surface area contributed by atoms with Crippen molar-refractivity contribution in [1.82, 2.24) is 9.21 Å². The van der Waals surface area contributed by atoms with Gasteiger partial charge in [0.05, 0.1) is 4.90 Å². The van der Waals surface area contributed by atoms with Gasteiger partial charge in [-0.2, -0.15) is 4.31 Å². The molecular weight excluding hydrogens is 352 g/mol. The van der Waals surface area contributed by atoms with Crippen molar-refractivity contribution in [2.24, 2.45) is 0 Å². The third-order valence-corrected chi connectivity index (χ3v) is 7.61. The van der Waals surface area contributed by atoms with E-state index in [4.69, 9.17) is 4.74 Å². The van der Waals surface area contributed by atoms with Crippen LogP contribution >= 0.6 is 0 Å². The molecule has 2 saturated heterocycles. The lowest BCUT2D eigenvalue weighted by Gasteiger charge is -2.35. The maximum absolute atomic E-state index is 13.0. The summed E-state index contributed by atoms with van der Waals surface area (Å²) < 4.78 is 33.0. The van der Waals surface area contributed by atoms with Crippen molar-refractivity contribution in [3.63, 3.8) is 0 Å². The number of hydrogen-bond acceptors (Lipinski definition) is 4. The molecule has 1 unspecified atom stereocenters. The number of aryl methyl sites for hydroxylation is 2. The van der Waals surface area contributed by atoms with E-state index < -0.39 is 10.0 Å². The number of hydrogen-bond donors (Lipinski definition) is 0. The van der Waals surface area contributed by atoms with Crippen molar-refractivity contribution in [3.05, 3.63) is 29.3 Å². The van der Waals surface area contributed by atoms with Crippen LogP contribution in [0.1, 0.15) is 36.8 Å². The van der Waals surface area contributed by atoms with Gasteiger partial charge in [-0.3, -0.25) is 4.79 Å². The molecule has 1 amide bonds. The molecule has 0 radical (unpaired) electrons. The van der Waals surface area contributed by atoms with Gasteiger partial charge < -0.3 is 9.64 Å². The van der Waals surface area contributed by atoms with Crippen molar-refractivity contribution >= 4 is 15.9 Å². The Morgan fingerprint density at radius 3 is 2.42 bits per heavy atom. The SMILES string of the molecule is O=C(C1CCCO1)N1CCN(S(=O)(=O)c2ccc3c(c2)CCCC3)CC1. The number of benzene rings is 1. The third kappa shape index (κ3) is 3.40. The molecule has 1 atom stereocenters. The van der Waals surface area contributed by atoms with Gasteiger partial charge >= 0.3 is 0 Å². The molecule has 0 N–H and O–H groups in total. The highest BCUT2D eigenvalue weighted by Gasteiger charge is 2.34. The van der Waals surface area contributed by atoms with E-state index >= 15 is 0 Å². The lowest BCUT2D eigenvalue weighted by atomic mass is 9.92. The Morgan fingerprint density at radius 1 is 1.00 bits per heavy atom. The highest BCUT2D eigenvalue weighted by Crippen LogP contribution is 2.26. The molecule has 2 aliphatic heterocycles.